The fraction of sp³-hybridized carbons (Fsp3) is 0. The van der Waals surface area contributed by atoms with Crippen molar-refractivity contribution in [3.8, 4) is 51.0 Å². The summed E-state index contributed by atoms with van der Waals surface area (Å²) in [6, 6.07) is 62.7. The zero-order chi connectivity index (χ0) is 37.5. The number of furan rings is 2. The molecular formula is C51H30N4O2. The lowest BCUT2D eigenvalue weighted by atomic mass is 9.97. The maximum atomic E-state index is 6.87. The largest absolute Gasteiger partial charge is 0.456 e. The van der Waals surface area contributed by atoms with Crippen LogP contribution >= 0.6 is 0 Å². The molecule has 4 heterocycles. The second-order valence-corrected chi connectivity index (χ2v) is 14.4. The topological polar surface area (TPSA) is 69.9 Å². The number of para-hydroxylation sites is 4. The molecule has 0 saturated heterocycles. The summed E-state index contributed by atoms with van der Waals surface area (Å²) in [6.45, 7) is 0. The van der Waals surface area contributed by atoms with Crippen molar-refractivity contribution in [1.29, 1.82) is 0 Å². The van der Waals surface area contributed by atoms with Crippen molar-refractivity contribution in [1.82, 2.24) is 19.5 Å². The van der Waals surface area contributed by atoms with Gasteiger partial charge in [-0.15, -0.1) is 0 Å². The molecule has 8 aromatic carbocycles. The van der Waals surface area contributed by atoms with Crippen LogP contribution in [0.25, 0.3) is 117 Å². The van der Waals surface area contributed by atoms with Crippen LogP contribution < -0.4 is 0 Å². The van der Waals surface area contributed by atoms with E-state index in [1.807, 2.05) is 60.7 Å². The molecule has 0 fully saturated rings. The van der Waals surface area contributed by atoms with Gasteiger partial charge in [-0.3, -0.25) is 0 Å². The molecule has 6 nitrogen and oxygen atoms in total. The molecule has 4 aromatic heterocycles. The standard InChI is InChI=1S/C51H30N4O2/c1-3-13-31(14-4-1)49-52-50(32-26-28-45-41(29-32)35-17-8-10-24-44(35)56-45)54-51(53-49)33-25-27-36-38-20-11-21-39(48(38)57-46(36)30-33)37-19-12-23-43-47(37)40-18-7-9-22-42(40)55(43)34-15-5-2-6-16-34/h1-30H. The Kier molecular flexibility index (Phi) is 6.83. The number of hydrogen-bond acceptors (Lipinski definition) is 5. The van der Waals surface area contributed by atoms with Gasteiger partial charge in [0.05, 0.1) is 11.0 Å². The number of hydrogen-bond donors (Lipinski definition) is 0. The van der Waals surface area contributed by atoms with Crippen LogP contribution in [0.15, 0.2) is 191 Å². The van der Waals surface area contributed by atoms with Crippen molar-refractivity contribution >= 4 is 65.7 Å². The van der Waals surface area contributed by atoms with E-state index >= 15 is 0 Å². The molecule has 0 saturated carbocycles. The third kappa shape index (κ3) is 4.94. The van der Waals surface area contributed by atoms with E-state index < -0.39 is 0 Å². The minimum atomic E-state index is 0.567. The molecule has 0 aliphatic heterocycles. The Hall–Kier alpha value is -7.83. The van der Waals surface area contributed by atoms with Crippen LogP contribution in [-0.2, 0) is 0 Å². The summed E-state index contributed by atoms with van der Waals surface area (Å²) in [7, 11) is 0. The quantitative estimate of drug-likeness (QED) is 0.176. The van der Waals surface area contributed by atoms with Crippen LogP contribution in [0.5, 0.6) is 0 Å². The predicted octanol–water partition coefficient (Wildman–Crippen LogP) is 13.4. The van der Waals surface area contributed by atoms with Crippen LogP contribution in [0.4, 0.5) is 0 Å². The van der Waals surface area contributed by atoms with E-state index in [2.05, 4.69) is 126 Å². The zero-order valence-electron chi connectivity index (χ0n) is 30.4. The third-order valence-corrected chi connectivity index (χ3v) is 11.1. The molecule has 0 amide bonds. The Morgan fingerprint density at radius 1 is 0.351 bits per heavy atom. The monoisotopic (exact) mass is 730 g/mol. The van der Waals surface area contributed by atoms with Crippen LogP contribution in [-0.4, -0.2) is 19.5 Å². The van der Waals surface area contributed by atoms with Gasteiger partial charge in [-0.2, -0.15) is 0 Å². The minimum absolute atomic E-state index is 0.567. The molecule has 57 heavy (non-hydrogen) atoms. The van der Waals surface area contributed by atoms with Crippen LogP contribution in [0.1, 0.15) is 0 Å². The number of aromatic nitrogens is 4. The van der Waals surface area contributed by atoms with E-state index in [4.69, 9.17) is 23.8 Å². The van der Waals surface area contributed by atoms with Gasteiger partial charge in [-0.05, 0) is 66.2 Å². The van der Waals surface area contributed by atoms with E-state index in [1.165, 1.54) is 10.8 Å². The summed E-state index contributed by atoms with van der Waals surface area (Å²) in [5.41, 5.74) is 11.5. The molecule has 0 spiro atoms. The van der Waals surface area contributed by atoms with Crippen molar-refractivity contribution in [3.05, 3.63) is 182 Å². The first-order chi connectivity index (χ1) is 28.2. The lowest BCUT2D eigenvalue weighted by molar-refractivity contribution is 0.669. The molecule has 266 valence electrons. The molecule has 0 bridgehead atoms. The Bertz CT molecular complexity index is 3530. The second kappa shape index (κ2) is 12.3. The summed E-state index contributed by atoms with van der Waals surface area (Å²) in [6.07, 6.45) is 0. The van der Waals surface area contributed by atoms with Crippen molar-refractivity contribution in [2.45, 2.75) is 0 Å². The van der Waals surface area contributed by atoms with E-state index in [-0.39, 0.29) is 0 Å². The normalized spacial score (nSPS) is 11.9. The molecule has 12 aromatic rings. The van der Waals surface area contributed by atoms with Gasteiger partial charge in [0, 0.05) is 60.3 Å². The molecule has 6 heteroatoms. The first-order valence-electron chi connectivity index (χ1n) is 19.0. The Labute approximate surface area is 325 Å². The summed E-state index contributed by atoms with van der Waals surface area (Å²) in [4.78, 5) is 15.1. The summed E-state index contributed by atoms with van der Waals surface area (Å²) >= 11 is 0. The first kappa shape index (κ1) is 31.5. The maximum Gasteiger partial charge on any atom is 0.164 e. The average molecular weight is 731 g/mol. The van der Waals surface area contributed by atoms with Crippen molar-refractivity contribution in [2.24, 2.45) is 0 Å². The van der Waals surface area contributed by atoms with Crippen LogP contribution in [0.3, 0.4) is 0 Å². The lowest BCUT2D eigenvalue weighted by Crippen LogP contribution is -2.00. The molecule has 0 radical (unpaired) electrons. The number of benzene rings is 8. The van der Waals surface area contributed by atoms with E-state index in [0.717, 1.165) is 88.4 Å². The minimum Gasteiger partial charge on any atom is -0.456 e. The number of fused-ring (bicyclic) bond motifs is 9. The van der Waals surface area contributed by atoms with Crippen molar-refractivity contribution < 1.29 is 8.83 Å². The lowest BCUT2D eigenvalue weighted by Gasteiger charge is -2.09. The van der Waals surface area contributed by atoms with Crippen LogP contribution in [0, 0.1) is 0 Å². The van der Waals surface area contributed by atoms with Gasteiger partial charge in [0.1, 0.15) is 22.3 Å². The SMILES string of the molecule is c1ccc(-c2nc(-c3ccc4c(c3)oc3c(-c5cccc6c5c5ccccc5n6-c5ccccc5)cccc34)nc(-c3ccc4oc5ccccc5c4c3)n2)cc1. The number of nitrogens with zero attached hydrogens (tertiary/aromatic N) is 4. The fourth-order valence-electron chi connectivity index (χ4n) is 8.46. The van der Waals surface area contributed by atoms with Gasteiger partial charge < -0.3 is 13.4 Å². The Balaban J connectivity index is 1.03. The first-order valence-corrected chi connectivity index (χ1v) is 19.0. The molecule has 12 rings (SSSR count). The highest BCUT2D eigenvalue weighted by atomic mass is 16.3. The maximum absolute atomic E-state index is 6.87. The molecule has 0 N–H and O–H groups in total. The molecule has 0 unspecified atom stereocenters. The molecule has 0 aliphatic carbocycles. The second-order valence-electron chi connectivity index (χ2n) is 14.4. The fourth-order valence-corrected chi connectivity index (χ4v) is 8.46. The van der Waals surface area contributed by atoms with Gasteiger partial charge >= 0.3 is 0 Å². The van der Waals surface area contributed by atoms with Crippen molar-refractivity contribution in [2.75, 3.05) is 0 Å². The third-order valence-electron chi connectivity index (χ3n) is 11.1. The van der Waals surface area contributed by atoms with Crippen LogP contribution in [0.2, 0.25) is 0 Å². The highest BCUT2D eigenvalue weighted by Crippen LogP contribution is 2.43. The summed E-state index contributed by atoms with van der Waals surface area (Å²) < 4.78 is 15.3. The van der Waals surface area contributed by atoms with Gasteiger partial charge in [-0.1, -0.05) is 121 Å². The highest BCUT2D eigenvalue weighted by molar-refractivity contribution is 6.19. The van der Waals surface area contributed by atoms with E-state index in [9.17, 15) is 0 Å². The Morgan fingerprint density at radius 3 is 1.79 bits per heavy atom. The van der Waals surface area contributed by atoms with Crippen molar-refractivity contribution in [3.63, 3.8) is 0 Å². The molecule has 0 aliphatic rings. The van der Waals surface area contributed by atoms with Gasteiger partial charge in [0.25, 0.3) is 0 Å². The van der Waals surface area contributed by atoms with E-state index in [0.29, 0.717) is 17.5 Å². The van der Waals surface area contributed by atoms with Gasteiger partial charge in [0.2, 0.25) is 0 Å². The van der Waals surface area contributed by atoms with Gasteiger partial charge in [0.15, 0.2) is 17.5 Å². The van der Waals surface area contributed by atoms with E-state index in [1.54, 1.807) is 0 Å². The molecule has 0 atom stereocenters. The van der Waals surface area contributed by atoms with Gasteiger partial charge in [-0.25, -0.2) is 15.0 Å². The number of rotatable bonds is 5. The average Bonchev–Trinajstić information content (AvgIpc) is 3.96. The predicted molar refractivity (Wildman–Crippen MR) is 230 cm³/mol. The summed E-state index contributed by atoms with van der Waals surface area (Å²) in [5.74, 6) is 1.75. The Morgan fingerprint density at radius 2 is 0.947 bits per heavy atom. The molecular weight excluding hydrogens is 701 g/mol. The zero-order valence-corrected chi connectivity index (χ0v) is 30.4. The smallest absolute Gasteiger partial charge is 0.164 e. The highest BCUT2D eigenvalue weighted by Gasteiger charge is 2.20. The summed E-state index contributed by atoms with van der Waals surface area (Å²) in [5, 5.41) is 6.55.